The molecule has 0 radical (unpaired) electrons. The van der Waals surface area contributed by atoms with Gasteiger partial charge in [0.05, 0.1) is 45.9 Å². The number of H-pyrrole nitrogens is 1. The molecule has 0 spiro atoms. The molecule has 0 saturated carbocycles. The molecule has 0 saturated heterocycles. The minimum Gasteiger partial charge on any atom is -0.609 e. The van der Waals surface area contributed by atoms with Gasteiger partial charge in [-0.25, -0.2) is 0 Å². The van der Waals surface area contributed by atoms with Gasteiger partial charge in [0.2, 0.25) is 0 Å². The van der Waals surface area contributed by atoms with Gasteiger partial charge in [0.1, 0.15) is 11.5 Å². The molecule has 3 rings (SSSR count). The molecule has 1 atom stereocenters. The van der Waals surface area contributed by atoms with E-state index in [0.29, 0.717) is 5.56 Å². The second-order valence-electron chi connectivity index (χ2n) is 4.79. The number of hydrogen-bond acceptors (Lipinski definition) is 5. The Labute approximate surface area is 158 Å². The first-order chi connectivity index (χ1) is 15.8. The maximum atomic E-state index is 13.3. The van der Waals surface area contributed by atoms with E-state index in [0.717, 1.165) is 0 Å². The standard InChI is InChI=1S/C17H19N3O3S/c1-10-8-18-15(11(2)16(10)23-4)9-24(21)17-19-13-6-5-12(22-3)7-14(13)20-17/h5-8H,9H2,1-4H3,(H,19,20)/i3D3,4D3,5D,6D,7D,9D2. The maximum Gasteiger partial charge on any atom is 0.322 e. The van der Waals surface area contributed by atoms with Gasteiger partial charge in [-0.3, -0.25) is 9.97 Å². The molecule has 1 unspecified atom stereocenters. The first-order valence-corrected chi connectivity index (χ1v) is 7.76. The average Bonchev–Trinajstić information content (AvgIpc) is 3.16. The minimum atomic E-state index is -3.00. The van der Waals surface area contributed by atoms with Gasteiger partial charge in [0.15, 0.2) is 5.70 Å². The van der Waals surface area contributed by atoms with Crippen molar-refractivity contribution in [3.63, 3.8) is 0 Å². The zero-order valence-corrected chi connectivity index (χ0v) is 13.4. The van der Waals surface area contributed by atoms with Crippen LogP contribution in [0.1, 0.15) is 31.9 Å². The number of aryl methyl sites for hydroxylation is 1. The zero-order chi connectivity index (χ0) is 26.7. The molecule has 0 amide bonds. The summed E-state index contributed by atoms with van der Waals surface area (Å²) in [6.45, 7) is 2.87. The predicted molar refractivity (Wildman–Crippen MR) is 93.0 cm³/mol. The predicted octanol–water partition coefficient (Wildman–Crippen LogP) is 2.90. The molecule has 0 aliphatic carbocycles. The summed E-state index contributed by atoms with van der Waals surface area (Å²) < 4.78 is 108. The van der Waals surface area contributed by atoms with Gasteiger partial charge in [-0.05, 0) is 25.9 Å². The number of methoxy groups -OCH3 is 2. The highest BCUT2D eigenvalue weighted by atomic mass is 32.2. The van der Waals surface area contributed by atoms with Crippen LogP contribution in [0.5, 0.6) is 11.5 Å². The van der Waals surface area contributed by atoms with E-state index < -0.39 is 60.0 Å². The Morgan fingerprint density at radius 2 is 2.21 bits per heavy atom. The summed E-state index contributed by atoms with van der Waals surface area (Å²) in [6, 6.07) is -1.98. The van der Waals surface area contributed by atoms with Crippen molar-refractivity contribution in [1.82, 2.24) is 15.0 Å². The fourth-order valence-corrected chi connectivity index (χ4v) is 2.90. The molecule has 0 fully saturated rings. The largest absolute Gasteiger partial charge is 0.609 e. The highest BCUT2D eigenvalue weighted by molar-refractivity contribution is 7.90. The third kappa shape index (κ3) is 3.05. The Bertz CT molecular complexity index is 1290. The molecule has 6 nitrogen and oxygen atoms in total. The van der Waals surface area contributed by atoms with Crippen molar-refractivity contribution in [2.45, 2.75) is 24.7 Å². The molecular weight excluding hydrogens is 326 g/mol. The van der Waals surface area contributed by atoms with Crippen molar-refractivity contribution in [1.29, 1.82) is 0 Å². The summed E-state index contributed by atoms with van der Waals surface area (Å²) >= 11 is -2.65. The van der Waals surface area contributed by atoms with Crippen molar-refractivity contribution >= 4 is 22.2 Å². The fraction of sp³-hybridized carbons (Fsp3) is 0.294. The second-order valence-corrected chi connectivity index (χ2v) is 5.92. The summed E-state index contributed by atoms with van der Waals surface area (Å²) in [5.41, 5.74) is -3.40. The van der Waals surface area contributed by atoms with Crippen molar-refractivity contribution in [3.8, 4) is 11.5 Å². The second kappa shape index (κ2) is 6.70. The molecule has 2 aromatic heterocycles. The molecule has 0 aliphatic rings. The van der Waals surface area contributed by atoms with Crippen LogP contribution in [0.25, 0.3) is 11.0 Å². The summed E-state index contributed by atoms with van der Waals surface area (Å²) in [6.07, 6.45) is 1.17. The minimum absolute atomic E-state index is 0.000227. The van der Waals surface area contributed by atoms with E-state index in [9.17, 15) is 4.55 Å². The highest BCUT2D eigenvalue weighted by Crippen LogP contribution is 2.27. The van der Waals surface area contributed by atoms with Crippen molar-refractivity contribution in [2.24, 2.45) is 0 Å². The number of fused-ring (bicyclic) bond motifs is 1. The number of benzene rings is 1. The Morgan fingerprint density at radius 1 is 1.38 bits per heavy atom. The number of rotatable bonds is 5. The van der Waals surface area contributed by atoms with Crippen LogP contribution in [0.3, 0.4) is 0 Å². The van der Waals surface area contributed by atoms with E-state index in [1.807, 2.05) is 0 Å². The molecule has 7 heteroatoms. The Morgan fingerprint density at radius 3 is 3.00 bits per heavy atom. The van der Waals surface area contributed by atoms with Crippen LogP contribution in [0.4, 0.5) is 0 Å². The topological polar surface area (TPSA) is 83.1 Å². The van der Waals surface area contributed by atoms with Gasteiger partial charge >= 0.3 is 5.16 Å². The number of aromatic amines is 1. The lowest BCUT2D eigenvalue weighted by Crippen LogP contribution is -2.10. The van der Waals surface area contributed by atoms with E-state index in [2.05, 4.69) is 19.7 Å². The van der Waals surface area contributed by atoms with Crippen molar-refractivity contribution in [3.05, 3.63) is 41.1 Å². The van der Waals surface area contributed by atoms with Crippen LogP contribution in [0.2, 0.25) is 0 Å². The lowest BCUT2D eigenvalue weighted by molar-refractivity contribution is 0.407. The summed E-state index contributed by atoms with van der Waals surface area (Å²) in [5, 5.41) is -0.516. The van der Waals surface area contributed by atoms with Crippen LogP contribution in [-0.4, -0.2) is 33.6 Å². The van der Waals surface area contributed by atoms with Crippen LogP contribution in [0.15, 0.2) is 29.5 Å². The summed E-state index contributed by atoms with van der Waals surface area (Å²) in [5.74, 6) is -0.860. The quantitative estimate of drug-likeness (QED) is 0.711. The van der Waals surface area contributed by atoms with E-state index in [4.69, 9.17) is 19.8 Å². The van der Waals surface area contributed by atoms with Crippen molar-refractivity contribution < 1.29 is 29.1 Å². The van der Waals surface area contributed by atoms with E-state index in [1.165, 1.54) is 20.0 Å². The van der Waals surface area contributed by atoms with Crippen LogP contribution in [-0.2, 0) is 16.9 Å². The van der Waals surface area contributed by atoms with Gasteiger partial charge in [-0.1, -0.05) is 0 Å². The van der Waals surface area contributed by atoms with Gasteiger partial charge in [-0.2, -0.15) is 4.98 Å². The molecule has 3 aromatic rings. The highest BCUT2D eigenvalue weighted by Gasteiger charge is 2.21. The molecular formula is C17H19N3O3S. The third-order valence-electron chi connectivity index (χ3n) is 3.23. The van der Waals surface area contributed by atoms with Gasteiger partial charge in [-0.15, -0.1) is 0 Å². The number of nitrogens with zero attached hydrogens (tertiary/aromatic N) is 2. The van der Waals surface area contributed by atoms with E-state index in [1.54, 1.807) is 0 Å². The molecule has 0 aliphatic heterocycles. The van der Waals surface area contributed by atoms with E-state index in [-0.39, 0.29) is 28.0 Å². The normalized spacial score (nSPS) is 20.7. The third-order valence-corrected chi connectivity index (χ3v) is 4.15. The molecule has 126 valence electrons. The first-order valence-electron chi connectivity index (χ1n) is 12.1. The molecule has 1 N–H and O–H groups in total. The molecule has 0 bridgehead atoms. The lowest BCUT2D eigenvalue weighted by Gasteiger charge is -2.13. The van der Waals surface area contributed by atoms with Crippen LogP contribution >= 0.6 is 0 Å². The van der Waals surface area contributed by atoms with E-state index >= 15 is 0 Å². The zero-order valence-electron chi connectivity index (χ0n) is 23.6. The summed E-state index contributed by atoms with van der Waals surface area (Å²) in [4.78, 5) is 10.4. The van der Waals surface area contributed by atoms with Crippen molar-refractivity contribution in [2.75, 3.05) is 14.1 Å². The number of aromatic nitrogens is 3. The summed E-state index contributed by atoms with van der Waals surface area (Å²) in [7, 11) is -5.83. The number of ether oxygens (including phenoxy) is 2. The first kappa shape index (κ1) is 7.76. The fourth-order valence-electron chi connectivity index (χ4n) is 2.05. The van der Waals surface area contributed by atoms with Gasteiger partial charge in [0, 0.05) is 34.5 Å². The van der Waals surface area contributed by atoms with Gasteiger partial charge < -0.3 is 14.0 Å². The van der Waals surface area contributed by atoms with Gasteiger partial charge in [0.25, 0.3) is 0 Å². The lowest BCUT2D eigenvalue weighted by atomic mass is 10.1. The number of imidazole rings is 1. The molecule has 24 heavy (non-hydrogen) atoms. The number of pyridine rings is 1. The number of nitrogens with one attached hydrogen (secondary N) is 1. The monoisotopic (exact) mass is 356 g/mol. The Kier molecular flexibility index (Phi) is 2.17. The Balaban J connectivity index is 2.12. The average molecular weight is 356 g/mol. The number of hydrogen-bond donors (Lipinski definition) is 1. The molecule has 1 aromatic carbocycles. The molecule has 2 heterocycles. The SMILES string of the molecule is [2H]c1c(OC([2H])([2H])[2H])c([2H])c2[nH]c([S+]([O-])C([2H])([2H])c3ncc(C)c(OC([2H])([2H])[2H])c3C)nc2c1[2H]. The van der Waals surface area contributed by atoms with Crippen LogP contribution < -0.4 is 9.47 Å². The van der Waals surface area contributed by atoms with Crippen LogP contribution in [0, 0.1) is 13.8 Å². The maximum absolute atomic E-state index is 13.3. The smallest absolute Gasteiger partial charge is 0.322 e. The Hall–Kier alpha value is -2.25.